The molecule has 222 valence electrons. The first-order valence-electron chi connectivity index (χ1n) is 14.3. The van der Waals surface area contributed by atoms with E-state index in [0.29, 0.717) is 17.1 Å². The second-order valence-corrected chi connectivity index (χ2v) is 11.4. The highest BCUT2D eigenvalue weighted by Crippen LogP contribution is 2.32. The molecule has 2 aliphatic heterocycles. The smallest absolute Gasteiger partial charge is 0.349 e. The third kappa shape index (κ3) is 5.25. The third-order valence-electron chi connectivity index (χ3n) is 8.77. The van der Waals surface area contributed by atoms with Crippen LogP contribution in [0.5, 0.6) is 0 Å². The van der Waals surface area contributed by atoms with Gasteiger partial charge in [0.05, 0.1) is 61.6 Å². The van der Waals surface area contributed by atoms with E-state index in [-0.39, 0.29) is 23.0 Å². The molecule has 2 fully saturated rings. The SMILES string of the molecule is [C-]#[N+]c1ccc(-n2nccc2-c2c(C(=O)NC3CC[N+]4(CCCC4)CC3)c(=O)n(-c3cccc(C(F)(F)F)c3)n2C)cc1. The molecule has 1 amide bonds. The van der Waals surface area contributed by atoms with Gasteiger partial charge in [0.2, 0.25) is 0 Å². The van der Waals surface area contributed by atoms with E-state index in [4.69, 9.17) is 6.57 Å². The molecular formula is C31H31F3N7O2+. The van der Waals surface area contributed by atoms with Crippen LogP contribution in [-0.4, -0.2) is 61.8 Å². The van der Waals surface area contributed by atoms with Crippen LogP contribution in [0.3, 0.4) is 0 Å². The summed E-state index contributed by atoms with van der Waals surface area (Å²) in [5.41, 5.74) is -0.192. The molecule has 1 N–H and O–H groups in total. The number of nitrogens with zero attached hydrogens (tertiary/aromatic N) is 6. The van der Waals surface area contributed by atoms with Gasteiger partial charge in [-0.15, -0.1) is 0 Å². The van der Waals surface area contributed by atoms with Crippen molar-refractivity contribution in [2.24, 2.45) is 7.05 Å². The number of carbonyl (C=O) groups excluding carboxylic acids is 1. The molecule has 2 aromatic carbocycles. The summed E-state index contributed by atoms with van der Waals surface area (Å²) in [5.74, 6) is -0.572. The van der Waals surface area contributed by atoms with Gasteiger partial charge in [-0.25, -0.2) is 14.2 Å². The zero-order valence-electron chi connectivity index (χ0n) is 23.6. The zero-order valence-corrected chi connectivity index (χ0v) is 23.6. The summed E-state index contributed by atoms with van der Waals surface area (Å²) in [6, 6.07) is 12.7. The number of rotatable bonds is 5. The number of amides is 1. The summed E-state index contributed by atoms with van der Waals surface area (Å²) >= 11 is 0. The fourth-order valence-corrected chi connectivity index (χ4v) is 6.54. The van der Waals surface area contributed by atoms with Crippen LogP contribution in [0.15, 0.2) is 65.6 Å². The van der Waals surface area contributed by atoms with Crippen molar-refractivity contribution in [2.75, 3.05) is 26.2 Å². The Labute approximate surface area is 246 Å². The highest BCUT2D eigenvalue weighted by atomic mass is 19.4. The molecule has 0 aliphatic carbocycles. The third-order valence-corrected chi connectivity index (χ3v) is 8.77. The standard InChI is InChI=1S/C31H30F3N7O2/c1-35-22-8-10-24(11-9-22)39-26(12-15-36-39)28-27(29(42)37-23-13-18-41(19-14-23)16-3-4-17-41)30(43)40(38(28)2)25-7-5-6-21(20-25)31(32,33)34/h5-12,15,20,23H,3-4,13-14,16-19H2,2H3/p+1. The van der Waals surface area contributed by atoms with Crippen LogP contribution in [0.25, 0.3) is 27.6 Å². The van der Waals surface area contributed by atoms with Crippen LogP contribution >= 0.6 is 0 Å². The molecule has 2 aliphatic rings. The molecule has 0 unspecified atom stereocenters. The molecule has 1 spiro atoms. The Morgan fingerprint density at radius 1 is 1.02 bits per heavy atom. The van der Waals surface area contributed by atoms with E-state index in [1.54, 1.807) is 30.3 Å². The molecule has 2 aromatic heterocycles. The molecule has 0 atom stereocenters. The Kier molecular flexibility index (Phi) is 7.22. The van der Waals surface area contributed by atoms with E-state index in [1.165, 1.54) is 47.6 Å². The number of aromatic nitrogens is 4. The van der Waals surface area contributed by atoms with Gasteiger partial charge >= 0.3 is 6.18 Å². The number of hydrogen-bond donors (Lipinski definition) is 1. The van der Waals surface area contributed by atoms with Crippen LogP contribution in [0.2, 0.25) is 0 Å². The monoisotopic (exact) mass is 590 g/mol. The fraction of sp³-hybridized carbons (Fsp3) is 0.355. The van der Waals surface area contributed by atoms with E-state index >= 15 is 0 Å². The van der Waals surface area contributed by atoms with Gasteiger partial charge < -0.3 is 9.80 Å². The van der Waals surface area contributed by atoms with E-state index < -0.39 is 23.2 Å². The Bertz CT molecular complexity index is 1760. The molecule has 0 radical (unpaired) electrons. The van der Waals surface area contributed by atoms with E-state index in [1.807, 2.05) is 0 Å². The first-order chi connectivity index (χ1) is 20.6. The number of halogens is 3. The maximum Gasteiger partial charge on any atom is 0.416 e. The lowest BCUT2D eigenvalue weighted by molar-refractivity contribution is -0.921. The summed E-state index contributed by atoms with van der Waals surface area (Å²) in [4.78, 5) is 31.4. The van der Waals surface area contributed by atoms with Crippen molar-refractivity contribution < 1.29 is 22.4 Å². The summed E-state index contributed by atoms with van der Waals surface area (Å²) in [6.45, 7) is 11.5. The van der Waals surface area contributed by atoms with Crippen molar-refractivity contribution in [1.82, 2.24) is 24.5 Å². The summed E-state index contributed by atoms with van der Waals surface area (Å²) in [7, 11) is 1.54. The van der Waals surface area contributed by atoms with Crippen molar-refractivity contribution in [2.45, 2.75) is 37.9 Å². The summed E-state index contributed by atoms with van der Waals surface area (Å²) < 4.78 is 45.9. The Morgan fingerprint density at radius 3 is 2.37 bits per heavy atom. The number of carbonyl (C=O) groups is 1. The predicted octanol–water partition coefficient (Wildman–Crippen LogP) is 5.10. The highest BCUT2D eigenvalue weighted by Gasteiger charge is 2.38. The number of quaternary nitrogens is 1. The summed E-state index contributed by atoms with van der Waals surface area (Å²) in [6.07, 6.45) is 0.926. The van der Waals surface area contributed by atoms with E-state index in [2.05, 4.69) is 15.3 Å². The van der Waals surface area contributed by atoms with Crippen LogP contribution < -0.4 is 10.9 Å². The molecular weight excluding hydrogens is 559 g/mol. The van der Waals surface area contributed by atoms with Crippen molar-refractivity contribution in [3.05, 3.63) is 93.7 Å². The lowest BCUT2D eigenvalue weighted by Crippen LogP contribution is -2.55. The predicted molar refractivity (Wildman–Crippen MR) is 154 cm³/mol. The molecule has 9 nitrogen and oxygen atoms in total. The quantitative estimate of drug-likeness (QED) is 0.260. The van der Waals surface area contributed by atoms with E-state index in [0.717, 1.165) is 60.3 Å². The maximum absolute atomic E-state index is 14.0. The first kappa shape index (κ1) is 28.5. The number of piperidine rings is 1. The van der Waals surface area contributed by atoms with Crippen molar-refractivity contribution >= 4 is 11.6 Å². The van der Waals surface area contributed by atoms with Gasteiger partial charge in [-0.1, -0.05) is 18.2 Å². The van der Waals surface area contributed by atoms with Crippen LogP contribution in [0.1, 0.15) is 41.6 Å². The van der Waals surface area contributed by atoms with Gasteiger partial charge in [-0.2, -0.15) is 18.3 Å². The van der Waals surface area contributed by atoms with Gasteiger partial charge in [0, 0.05) is 38.8 Å². The van der Waals surface area contributed by atoms with Gasteiger partial charge in [-0.05, 0) is 36.4 Å². The molecule has 43 heavy (non-hydrogen) atoms. The Balaban J connectivity index is 1.44. The lowest BCUT2D eigenvalue weighted by atomic mass is 10.0. The van der Waals surface area contributed by atoms with Gasteiger partial charge in [0.25, 0.3) is 11.5 Å². The molecule has 12 heteroatoms. The van der Waals surface area contributed by atoms with Crippen LogP contribution in [0.4, 0.5) is 18.9 Å². The average molecular weight is 591 g/mol. The van der Waals surface area contributed by atoms with Gasteiger partial charge in [0.1, 0.15) is 11.3 Å². The molecule has 6 rings (SSSR count). The minimum Gasteiger partial charge on any atom is -0.349 e. The maximum atomic E-state index is 14.0. The molecule has 2 saturated heterocycles. The second kappa shape index (κ2) is 10.9. The summed E-state index contributed by atoms with van der Waals surface area (Å²) in [5, 5.41) is 7.47. The lowest BCUT2D eigenvalue weighted by Gasteiger charge is -2.40. The van der Waals surface area contributed by atoms with Gasteiger partial charge in [-0.3, -0.25) is 14.3 Å². The number of nitrogens with one attached hydrogen (secondary N) is 1. The minimum atomic E-state index is -4.61. The van der Waals surface area contributed by atoms with Crippen LogP contribution in [0, 0.1) is 6.57 Å². The van der Waals surface area contributed by atoms with Crippen molar-refractivity contribution in [3.8, 4) is 22.8 Å². The van der Waals surface area contributed by atoms with Crippen molar-refractivity contribution in [3.63, 3.8) is 0 Å². The number of alkyl halides is 3. The molecule has 0 bridgehead atoms. The highest BCUT2D eigenvalue weighted by molar-refractivity contribution is 6.00. The molecule has 0 saturated carbocycles. The zero-order chi connectivity index (χ0) is 30.4. The topological polar surface area (TPSA) is 78.2 Å². The Morgan fingerprint density at radius 2 is 1.72 bits per heavy atom. The largest absolute Gasteiger partial charge is 0.416 e. The normalized spacial score (nSPS) is 16.8. The molecule has 4 aromatic rings. The number of hydrogen-bond acceptors (Lipinski definition) is 3. The average Bonchev–Trinajstić information content (AvgIpc) is 3.72. The van der Waals surface area contributed by atoms with Gasteiger partial charge in [0.15, 0.2) is 5.69 Å². The Hall–Kier alpha value is -4.63. The number of benzene rings is 2. The van der Waals surface area contributed by atoms with Crippen LogP contribution in [-0.2, 0) is 13.2 Å². The van der Waals surface area contributed by atoms with E-state index in [9.17, 15) is 22.8 Å². The fourth-order valence-electron chi connectivity index (χ4n) is 6.54. The molecule has 4 heterocycles. The first-order valence-corrected chi connectivity index (χ1v) is 14.3. The van der Waals surface area contributed by atoms with Crippen molar-refractivity contribution in [1.29, 1.82) is 0 Å². The minimum absolute atomic E-state index is 0.0201. The second-order valence-electron chi connectivity index (χ2n) is 11.4.